The molecule has 0 spiro atoms. The van der Waals surface area contributed by atoms with Gasteiger partial charge in [0, 0.05) is 17.2 Å². The highest BCUT2D eigenvalue weighted by Crippen LogP contribution is 2.29. The van der Waals surface area contributed by atoms with Gasteiger partial charge in [-0.1, -0.05) is 122 Å². The molecular weight excluding hydrogens is 693 g/mol. The quantitative estimate of drug-likeness (QED) is 0.155. The molecule has 0 bridgehead atoms. The van der Waals surface area contributed by atoms with E-state index in [1.54, 1.807) is 41.5 Å². The van der Waals surface area contributed by atoms with Crippen molar-refractivity contribution < 1.29 is 33.8 Å². The predicted octanol–water partition coefficient (Wildman–Crippen LogP) is 9.81. The van der Waals surface area contributed by atoms with Gasteiger partial charge in [0.25, 0.3) is 5.91 Å². The summed E-state index contributed by atoms with van der Waals surface area (Å²) in [5.41, 5.74) is 5.77. The van der Waals surface area contributed by atoms with Crippen molar-refractivity contribution in [3.8, 4) is 22.3 Å². The Morgan fingerprint density at radius 2 is 1.20 bits per heavy atom. The smallest absolute Gasteiger partial charge is 0.417 e. The minimum absolute atomic E-state index is 0.0435. The zero-order chi connectivity index (χ0) is 40.3. The summed E-state index contributed by atoms with van der Waals surface area (Å²) in [5, 5.41) is 11.9. The second kappa shape index (κ2) is 18.4. The van der Waals surface area contributed by atoms with Crippen LogP contribution in [0.2, 0.25) is 0 Å². The number of carbonyl (C=O) groups excluding carboxylic acids is 3. The molecule has 2 N–H and O–H groups in total. The van der Waals surface area contributed by atoms with Gasteiger partial charge in [0.2, 0.25) is 0 Å². The highest BCUT2D eigenvalue weighted by atomic mass is 16.6. The fraction of sp³-hybridized carbons (Fsp3) is 0.304. The van der Waals surface area contributed by atoms with Crippen molar-refractivity contribution in [3.05, 3.63) is 145 Å². The van der Waals surface area contributed by atoms with E-state index in [-0.39, 0.29) is 23.9 Å². The first kappa shape index (κ1) is 41.8. The average Bonchev–Trinajstić information content (AvgIpc) is 3.40. The van der Waals surface area contributed by atoms with Crippen LogP contribution in [0.1, 0.15) is 65.5 Å². The molecule has 1 aliphatic heterocycles. The van der Waals surface area contributed by atoms with E-state index in [0.717, 1.165) is 33.4 Å². The summed E-state index contributed by atoms with van der Waals surface area (Å²) in [6, 6.07) is 35.7. The number of benzene rings is 4. The maximum Gasteiger partial charge on any atom is 0.417 e. The third-order valence-electron chi connectivity index (χ3n) is 8.55. The van der Waals surface area contributed by atoms with Crippen molar-refractivity contribution in [2.45, 2.75) is 90.5 Å². The van der Waals surface area contributed by atoms with Crippen LogP contribution in [0.5, 0.6) is 0 Å². The number of aliphatic carboxylic acids is 1. The minimum atomic E-state index is -1.07. The fourth-order valence-corrected chi connectivity index (χ4v) is 6.02. The van der Waals surface area contributed by atoms with E-state index < -0.39 is 35.4 Å². The molecule has 1 saturated heterocycles. The zero-order valence-electron chi connectivity index (χ0n) is 32.6. The third kappa shape index (κ3) is 13.1. The van der Waals surface area contributed by atoms with Gasteiger partial charge >= 0.3 is 18.2 Å². The number of nitrogens with zero attached hydrogens (tertiary/aromatic N) is 1. The summed E-state index contributed by atoms with van der Waals surface area (Å²) in [6.07, 6.45) is 0.487. The summed E-state index contributed by atoms with van der Waals surface area (Å²) in [6.45, 7) is 18.1. The number of likely N-dealkylation sites (tertiary alicyclic amines) is 1. The molecule has 4 aromatic rings. The van der Waals surface area contributed by atoms with E-state index >= 15 is 0 Å². The van der Waals surface area contributed by atoms with Crippen molar-refractivity contribution in [2.75, 3.05) is 0 Å². The van der Waals surface area contributed by atoms with Crippen molar-refractivity contribution >= 4 is 24.1 Å². The number of hydrogen-bond donors (Lipinski definition) is 2. The van der Waals surface area contributed by atoms with Gasteiger partial charge in [-0.15, -0.1) is 0 Å². The van der Waals surface area contributed by atoms with E-state index in [9.17, 15) is 19.2 Å². The van der Waals surface area contributed by atoms with Crippen LogP contribution in [0.15, 0.2) is 133 Å². The van der Waals surface area contributed by atoms with Crippen LogP contribution >= 0.6 is 0 Å². The lowest BCUT2D eigenvalue weighted by molar-refractivity contribution is -0.133. The molecule has 0 aromatic heterocycles. The Balaban J connectivity index is 0.000000245. The Morgan fingerprint density at radius 3 is 1.65 bits per heavy atom. The van der Waals surface area contributed by atoms with Crippen molar-refractivity contribution in [3.63, 3.8) is 0 Å². The molecule has 1 unspecified atom stereocenters. The van der Waals surface area contributed by atoms with Crippen LogP contribution in [0.3, 0.4) is 0 Å². The number of carboxylic acids is 1. The minimum Gasteiger partial charge on any atom is -0.478 e. The Labute approximate surface area is 324 Å². The number of alkyl carbamates (subject to hydrolysis) is 1. The van der Waals surface area contributed by atoms with Crippen LogP contribution in [-0.2, 0) is 31.9 Å². The number of carboxylic acid groups (broad SMARTS) is 1. The lowest BCUT2D eigenvalue weighted by Crippen LogP contribution is -2.43. The van der Waals surface area contributed by atoms with Crippen LogP contribution in [0, 0.1) is 0 Å². The van der Waals surface area contributed by atoms with Crippen LogP contribution in [-0.4, -0.2) is 57.4 Å². The van der Waals surface area contributed by atoms with E-state index in [4.69, 9.17) is 14.6 Å². The topological polar surface area (TPSA) is 122 Å². The van der Waals surface area contributed by atoms with Crippen molar-refractivity contribution in [2.24, 2.45) is 0 Å². The molecule has 9 heteroatoms. The Kier molecular flexibility index (Phi) is 14.0. The summed E-state index contributed by atoms with van der Waals surface area (Å²) >= 11 is 0. The normalized spacial score (nSPS) is 14.7. The molecule has 0 radical (unpaired) electrons. The van der Waals surface area contributed by atoms with Gasteiger partial charge in [0.05, 0.1) is 6.04 Å². The molecule has 0 aliphatic carbocycles. The molecule has 288 valence electrons. The van der Waals surface area contributed by atoms with E-state index in [1.807, 2.05) is 84.9 Å². The SMILES string of the molecule is C=C(CC(Cc1ccc(-c2ccccc2)cc1)NC(=O)OC(C)(C)C)C(=O)O.C=C1C[C@@H](Cc2ccc(-c3ccccc3)cc2)N(C(=O)OC(C)(C)C)C1=O. The number of rotatable bonds is 10. The van der Waals surface area contributed by atoms with Gasteiger partial charge in [-0.3, -0.25) is 4.79 Å². The van der Waals surface area contributed by atoms with Crippen LogP contribution in [0.4, 0.5) is 9.59 Å². The van der Waals surface area contributed by atoms with Gasteiger partial charge in [-0.25, -0.2) is 19.3 Å². The van der Waals surface area contributed by atoms with Gasteiger partial charge in [0.15, 0.2) is 0 Å². The van der Waals surface area contributed by atoms with Gasteiger partial charge < -0.3 is 19.9 Å². The molecular formula is C46H52N2O7. The van der Waals surface area contributed by atoms with Gasteiger partial charge in [0.1, 0.15) is 11.2 Å². The maximum atomic E-state index is 12.5. The Hall–Kier alpha value is -5.96. The van der Waals surface area contributed by atoms with Crippen LogP contribution in [0.25, 0.3) is 22.3 Å². The van der Waals surface area contributed by atoms with Crippen molar-refractivity contribution in [1.82, 2.24) is 10.2 Å². The number of hydrogen-bond acceptors (Lipinski definition) is 6. The Morgan fingerprint density at radius 1 is 0.745 bits per heavy atom. The predicted molar refractivity (Wildman–Crippen MR) is 216 cm³/mol. The number of nitrogens with one attached hydrogen (secondary N) is 1. The van der Waals surface area contributed by atoms with Crippen molar-refractivity contribution in [1.29, 1.82) is 0 Å². The van der Waals surface area contributed by atoms with E-state index in [2.05, 4.69) is 42.7 Å². The fourth-order valence-electron chi connectivity index (χ4n) is 6.02. The summed E-state index contributed by atoms with van der Waals surface area (Å²) in [5.74, 6) is -1.41. The van der Waals surface area contributed by atoms with Gasteiger partial charge in [-0.2, -0.15) is 0 Å². The standard InChI is InChI=1S/C23H27NO4.C23H25NO3/c1-16(21(25)26)14-20(24-22(27)28-23(2,3)4)15-17-10-12-19(13-11-17)18-8-6-5-7-9-18;1-16-14-20(24(21(16)25)22(26)27-23(2,3)4)15-17-10-12-19(13-11-17)18-8-6-5-7-9-18/h5-13,20H,1,14-15H2,2-4H3,(H,24,27)(H,25,26);5-13,20H,1,14-15H2,2-4H3/t;20-/m.0/s1. The van der Waals surface area contributed by atoms with Crippen LogP contribution < -0.4 is 5.32 Å². The molecule has 2 atom stereocenters. The third-order valence-corrected chi connectivity index (χ3v) is 8.55. The molecule has 1 aliphatic rings. The first-order valence-electron chi connectivity index (χ1n) is 18.3. The molecule has 3 amide bonds. The number of carbonyl (C=O) groups is 4. The molecule has 0 saturated carbocycles. The second-order valence-electron chi connectivity index (χ2n) is 15.6. The maximum absolute atomic E-state index is 12.5. The van der Waals surface area contributed by atoms with E-state index in [1.165, 1.54) is 4.90 Å². The average molecular weight is 745 g/mol. The first-order valence-corrected chi connectivity index (χ1v) is 18.3. The lowest BCUT2D eigenvalue weighted by Gasteiger charge is -2.27. The highest BCUT2D eigenvalue weighted by Gasteiger charge is 2.40. The number of amides is 3. The Bertz CT molecular complexity index is 1960. The molecule has 1 fully saturated rings. The molecule has 9 nitrogen and oxygen atoms in total. The number of imide groups is 1. The number of ether oxygens (including phenoxy) is 2. The summed E-state index contributed by atoms with van der Waals surface area (Å²) in [7, 11) is 0. The van der Waals surface area contributed by atoms with E-state index in [0.29, 0.717) is 24.8 Å². The molecule has 1 heterocycles. The summed E-state index contributed by atoms with van der Waals surface area (Å²) < 4.78 is 10.7. The first-order chi connectivity index (χ1) is 25.9. The monoisotopic (exact) mass is 744 g/mol. The summed E-state index contributed by atoms with van der Waals surface area (Å²) in [4.78, 5) is 49.4. The molecule has 4 aromatic carbocycles. The highest BCUT2D eigenvalue weighted by molar-refractivity contribution is 6.04. The molecule has 5 rings (SSSR count). The molecule has 55 heavy (non-hydrogen) atoms. The van der Waals surface area contributed by atoms with Gasteiger partial charge in [-0.05, 0) is 101 Å². The lowest BCUT2D eigenvalue weighted by atomic mass is 9.97. The zero-order valence-corrected chi connectivity index (χ0v) is 32.6. The largest absolute Gasteiger partial charge is 0.478 e. The second-order valence-corrected chi connectivity index (χ2v) is 15.6.